The van der Waals surface area contributed by atoms with Crippen LogP contribution < -0.4 is 18.9 Å². The number of Topliss-reactive ketones (excluding diaryl/α,β-unsaturated/α-hetero) is 2. The lowest BCUT2D eigenvalue weighted by atomic mass is 9.68. The van der Waals surface area contributed by atoms with Crippen LogP contribution in [0.3, 0.4) is 0 Å². The van der Waals surface area contributed by atoms with E-state index in [0.29, 0.717) is 49.4 Å². The van der Waals surface area contributed by atoms with E-state index in [-0.39, 0.29) is 59.5 Å². The van der Waals surface area contributed by atoms with Crippen LogP contribution in [-0.2, 0) is 62.3 Å². The van der Waals surface area contributed by atoms with Crippen molar-refractivity contribution in [1.29, 1.82) is 0 Å². The van der Waals surface area contributed by atoms with E-state index in [1.807, 2.05) is 88.4 Å². The van der Waals surface area contributed by atoms with Crippen LogP contribution >= 0.6 is 0 Å². The van der Waals surface area contributed by atoms with Gasteiger partial charge < -0.3 is 48.5 Å². The molecule has 3 aliphatic carbocycles. The zero-order valence-corrected chi connectivity index (χ0v) is 88.7. The van der Waals surface area contributed by atoms with Crippen LogP contribution in [-0.4, -0.2) is 71.2 Å². The number of unbranched alkanes of at least 4 members (excludes halogenated alkanes) is 1. The summed E-state index contributed by atoms with van der Waals surface area (Å²) in [6, 6.07) is 104. The summed E-state index contributed by atoms with van der Waals surface area (Å²) in [6.07, 6.45) is 32.2. The van der Waals surface area contributed by atoms with Crippen LogP contribution in [0.4, 0.5) is 0 Å². The number of phenols is 3. The van der Waals surface area contributed by atoms with Crippen molar-refractivity contribution in [3.8, 4) is 62.5 Å². The predicted molar refractivity (Wildman–Crippen MR) is 597 cm³/mol. The fourth-order valence-corrected chi connectivity index (χ4v) is 19.7. The van der Waals surface area contributed by atoms with E-state index in [1.165, 1.54) is 165 Å². The van der Waals surface area contributed by atoms with E-state index < -0.39 is 0 Å². The Morgan fingerprint density at radius 2 is 0.736 bits per heavy atom. The molecular weight excluding hydrogens is 1780 g/mol. The molecule has 13 aromatic rings. The maximum Gasteiger partial charge on any atom is 0.200 e. The molecule has 0 amide bonds. The predicted octanol–water partition coefficient (Wildman–Crippen LogP) is 34.3. The molecule has 16 rings (SSSR count). The molecule has 13 aromatic carbocycles. The lowest BCUT2D eigenvalue weighted by molar-refractivity contribution is -0.165. The monoisotopic (exact) mass is 1940 g/mol. The number of rotatable bonds is 41. The molecule has 4 unspecified atom stereocenters. The number of carbonyl (C=O) groups excluding carboxylic acids is 2. The van der Waals surface area contributed by atoms with Gasteiger partial charge in [0.1, 0.15) is 58.4 Å². The number of fused-ring (bicyclic) bond motifs is 2. The number of aromatic hydroxyl groups is 3. The Morgan fingerprint density at radius 1 is 0.354 bits per heavy atom. The summed E-state index contributed by atoms with van der Waals surface area (Å²) in [7, 11) is 0. The van der Waals surface area contributed by atoms with Crippen molar-refractivity contribution in [2.24, 2.45) is 41.4 Å². The number of aryl methyl sites for hydroxylation is 4. The maximum absolute atomic E-state index is 12.1. The molecule has 3 saturated carbocycles. The highest BCUT2D eigenvalue weighted by Gasteiger charge is 2.36. The molecule has 3 N–H and O–H groups in total. The number of ether oxygens (including phenoxy) is 7. The molecular formula is C132H166O12. The standard InChI is InChI=1S/C40H44O3.C31H38O2.C30H48O3.C12H12O.C11H14O2.C8H10O/c1-4-6-14-30(3)27-39(43-36-24-23-34-28-31(5-2)21-22-35(34)29-36)41-25-26-42-40-37(32-15-9-7-10-16-32)19-13-20-38(40)33-17-11-8-12-18-33;1-2-25-18-20-29(21-19-25)33-31(32-23-22-26-12-6-3-7-13-26)24-30(27-14-8-4-9-15-27)28-16-10-5-11-17-28;1-22(2)28(31)20-23-16-18-26(19-17-23)32-29(33-30(3,4)5)21-27(24-12-8-6-9-13-24)25-14-10-7-11-15-25;1-2-9-3-4-11-8-12(13)6-5-10(11)7-9;1-8(2)11(13)7-9-3-5-10(12)6-4-9;1-2-7-3-5-8(9)6-4-7/h7-13,15-24,28-30,39H,4-6,14,25-27H2,1-3H3;4-5,8-11,14-21,26,30-31H,2-3,6-7,12-13,22-24H2,1H3;16-19,22,24-25,27,29H,6-15,20-21H2,1-5H3;3-8,13H,2H2,1H3;3-6,8,12H,7H2,1-2H3;3-6,9H,2H2,1H3. The molecule has 12 heteroatoms. The van der Waals surface area contributed by atoms with E-state index >= 15 is 0 Å². The summed E-state index contributed by atoms with van der Waals surface area (Å²) < 4.78 is 45.4. The highest BCUT2D eigenvalue weighted by Crippen LogP contribution is 2.45. The minimum Gasteiger partial charge on any atom is -0.508 e. The van der Waals surface area contributed by atoms with E-state index in [1.54, 1.807) is 48.5 Å². The van der Waals surface area contributed by atoms with Gasteiger partial charge in [-0.3, -0.25) is 9.59 Å². The minimum atomic E-state index is -0.346. The summed E-state index contributed by atoms with van der Waals surface area (Å²) in [5, 5.41) is 31.8. The second kappa shape index (κ2) is 60.8. The largest absolute Gasteiger partial charge is 0.508 e. The van der Waals surface area contributed by atoms with Crippen molar-refractivity contribution in [2.75, 3.05) is 19.8 Å². The molecule has 0 heterocycles. The molecule has 3 fully saturated rings. The second-order valence-corrected chi connectivity index (χ2v) is 41.3. The van der Waals surface area contributed by atoms with Crippen molar-refractivity contribution in [3.05, 3.63) is 354 Å². The Labute approximate surface area is 863 Å². The molecule has 0 saturated heterocycles. The van der Waals surface area contributed by atoms with Crippen molar-refractivity contribution in [1.82, 2.24) is 0 Å². The van der Waals surface area contributed by atoms with Crippen LogP contribution in [0.5, 0.6) is 40.2 Å². The molecule has 0 spiro atoms. The van der Waals surface area contributed by atoms with E-state index in [0.717, 1.165) is 137 Å². The molecule has 0 bridgehead atoms. The smallest absolute Gasteiger partial charge is 0.200 e. The average molecular weight is 1940 g/mol. The van der Waals surface area contributed by atoms with E-state index in [4.69, 9.17) is 43.4 Å². The molecule has 766 valence electrons. The highest BCUT2D eigenvalue weighted by molar-refractivity contribution is 5.87. The summed E-state index contributed by atoms with van der Waals surface area (Å²) in [4.78, 5) is 23.4. The van der Waals surface area contributed by atoms with Crippen LogP contribution in [0, 0.1) is 41.4 Å². The third-order valence-corrected chi connectivity index (χ3v) is 28.3. The number of phenolic OH excluding ortho intramolecular Hbond substituents is 3. The molecule has 0 aromatic heterocycles. The summed E-state index contributed by atoms with van der Waals surface area (Å²) in [5.41, 5.74) is 14.0. The van der Waals surface area contributed by atoms with Gasteiger partial charge in [0.05, 0.1) is 18.8 Å². The zero-order chi connectivity index (χ0) is 102. The average Bonchev–Trinajstić information content (AvgIpc) is 0.798. The van der Waals surface area contributed by atoms with Crippen LogP contribution in [0.2, 0.25) is 0 Å². The van der Waals surface area contributed by atoms with Gasteiger partial charge in [-0.25, -0.2) is 0 Å². The molecule has 12 nitrogen and oxygen atoms in total. The Kier molecular flexibility index (Phi) is 47.5. The van der Waals surface area contributed by atoms with Crippen LogP contribution in [0.25, 0.3) is 43.8 Å². The van der Waals surface area contributed by atoms with Crippen molar-refractivity contribution in [3.63, 3.8) is 0 Å². The fourth-order valence-electron chi connectivity index (χ4n) is 19.7. The normalized spacial score (nSPS) is 14.3. The van der Waals surface area contributed by atoms with Gasteiger partial charge in [0.25, 0.3) is 0 Å². The number of benzene rings is 13. The van der Waals surface area contributed by atoms with Gasteiger partial charge in [0.15, 0.2) is 6.29 Å². The lowest BCUT2D eigenvalue weighted by Gasteiger charge is -2.40. The van der Waals surface area contributed by atoms with Gasteiger partial charge >= 0.3 is 0 Å². The first-order valence-corrected chi connectivity index (χ1v) is 54.3. The minimum absolute atomic E-state index is 0.0713. The van der Waals surface area contributed by atoms with Gasteiger partial charge in [-0.2, -0.15) is 0 Å². The highest BCUT2D eigenvalue weighted by atomic mass is 16.7. The first-order chi connectivity index (χ1) is 69.9. The van der Waals surface area contributed by atoms with Crippen LogP contribution in [0.1, 0.15) is 282 Å². The first-order valence-electron chi connectivity index (χ1n) is 54.3. The van der Waals surface area contributed by atoms with Gasteiger partial charge in [0, 0.05) is 61.0 Å². The Bertz CT molecular complexity index is 5660. The fraction of sp³-hybridized carbons (Fsp3) is 0.424. The van der Waals surface area contributed by atoms with E-state index in [2.05, 4.69) is 263 Å². The third kappa shape index (κ3) is 39.0. The number of para-hydroxylation sites is 1. The number of carbonyl (C=O) groups is 2. The lowest BCUT2D eigenvalue weighted by Crippen LogP contribution is -2.37. The third-order valence-electron chi connectivity index (χ3n) is 28.3. The second-order valence-electron chi connectivity index (χ2n) is 41.3. The number of ketones is 2. The van der Waals surface area contributed by atoms with Gasteiger partial charge in [0.2, 0.25) is 12.6 Å². The number of hydrogen-bond donors (Lipinski definition) is 3. The number of hydrogen-bond acceptors (Lipinski definition) is 12. The van der Waals surface area contributed by atoms with Gasteiger partial charge in [-0.05, 0) is 232 Å². The topological polar surface area (TPSA) is 159 Å². The van der Waals surface area contributed by atoms with E-state index in [9.17, 15) is 14.7 Å². The molecule has 4 atom stereocenters. The Balaban J connectivity index is 0.000000177. The SMILES string of the molecule is CC(C)C(=O)Cc1ccc(O)cc1.CC(C)C(=O)Cc1ccc(OC(CC(C2CCCCC2)C2CCCCC2)OC(C)(C)C)cc1.CCCCC(C)CC(OCCOc1c(-c2ccccc2)cccc1-c1ccccc1)Oc1ccc2cc(CC)ccc2c1.CCc1ccc(O)cc1.CCc1ccc(OC(CC(c2ccccc2)c2ccccc2)OCCC2CCCCC2)cc1.CCc1ccc2cc(O)ccc2c1. The summed E-state index contributed by atoms with van der Waals surface area (Å²) in [6.45, 7) is 28.8. The Hall–Kier alpha value is -11.8. The summed E-state index contributed by atoms with van der Waals surface area (Å²) in [5.74, 6) is 8.87. The van der Waals surface area contributed by atoms with Crippen molar-refractivity contribution >= 4 is 33.1 Å². The first kappa shape index (κ1) is 113. The maximum atomic E-state index is 12.1. The van der Waals surface area contributed by atoms with Crippen LogP contribution in [0.15, 0.2) is 309 Å². The Morgan fingerprint density at radius 3 is 1.20 bits per heavy atom. The van der Waals surface area contributed by atoms with Crippen molar-refractivity contribution in [2.45, 2.75) is 300 Å². The molecule has 0 aliphatic heterocycles. The molecule has 144 heavy (non-hydrogen) atoms. The van der Waals surface area contributed by atoms with Gasteiger partial charge in [-0.15, -0.1) is 0 Å². The molecule has 3 aliphatic rings. The van der Waals surface area contributed by atoms with Gasteiger partial charge in [-0.1, -0.05) is 421 Å². The summed E-state index contributed by atoms with van der Waals surface area (Å²) >= 11 is 0. The van der Waals surface area contributed by atoms with Crippen molar-refractivity contribution < 1.29 is 58.1 Å². The molecule has 0 radical (unpaired) electrons. The quantitative estimate of drug-likeness (QED) is 0.0246. The zero-order valence-electron chi connectivity index (χ0n) is 88.7.